The molecule has 0 aliphatic heterocycles. The van der Waals surface area contributed by atoms with E-state index in [-0.39, 0.29) is 16.6 Å². The molecule has 3 rings (SSSR count). The lowest BCUT2D eigenvalue weighted by Gasteiger charge is -2.08. The topological polar surface area (TPSA) is 101 Å². The van der Waals surface area contributed by atoms with Crippen LogP contribution in [-0.4, -0.2) is 24.2 Å². The van der Waals surface area contributed by atoms with E-state index in [1.54, 1.807) is 32.0 Å². The lowest BCUT2D eigenvalue weighted by molar-refractivity contribution is 0.104. The number of anilines is 2. The largest absolute Gasteiger partial charge is 0.362 e. The molecule has 2 N–H and O–H groups in total. The lowest BCUT2D eigenvalue weighted by atomic mass is 10.1. The predicted molar refractivity (Wildman–Crippen MR) is 112 cm³/mol. The summed E-state index contributed by atoms with van der Waals surface area (Å²) >= 11 is 0. The van der Waals surface area contributed by atoms with Crippen LogP contribution in [0, 0.1) is 19.7 Å². The quantitative estimate of drug-likeness (QED) is 0.440. The first-order valence-electron chi connectivity index (χ1n) is 8.91. The molecule has 1 heterocycles. The number of sulfonamides is 1. The van der Waals surface area contributed by atoms with Crippen LogP contribution >= 0.6 is 0 Å². The van der Waals surface area contributed by atoms with Gasteiger partial charge in [0.05, 0.1) is 4.90 Å². The Morgan fingerprint density at radius 3 is 2.17 bits per heavy atom. The first-order valence-corrected chi connectivity index (χ1v) is 10.4. The number of carbonyl (C=O) groups is 1. The molecule has 0 aliphatic carbocycles. The van der Waals surface area contributed by atoms with Crippen LogP contribution < -0.4 is 10.0 Å². The number of ketones is 1. The van der Waals surface area contributed by atoms with Crippen molar-refractivity contribution in [1.82, 2.24) is 9.97 Å². The van der Waals surface area contributed by atoms with Gasteiger partial charge in [-0.1, -0.05) is 0 Å². The van der Waals surface area contributed by atoms with Gasteiger partial charge in [0.15, 0.2) is 5.78 Å². The number of rotatable bonds is 7. The lowest BCUT2D eigenvalue weighted by Crippen LogP contribution is -2.15. The van der Waals surface area contributed by atoms with E-state index in [4.69, 9.17) is 0 Å². The SMILES string of the molecule is Cc1cc(C)nc(NS(=O)(=O)c2ccc(NC=CC(=O)c3ccc(F)cc3)cc2)n1. The summed E-state index contributed by atoms with van der Waals surface area (Å²) in [6.45, 7) is 3.50. The van der Waals surface area contributed by atoms with Crippen LogP contribution in [-0.2, 0) is 10.0 Å². The molecule has 0 saturated heterocycles. The van der Waals surface area contributed by atoms with Gasteiger partial charge in [0.25, 0.3) is 10.0 Å². The van der Waals surface area contributed by atoms with Crippen LogP contribution in [0.2, 0.25) is 0 Å². The van der Waals surface area contributed by atoms with E-state index in [9.17, 15) is 17.6 Å². The number of hydrogen-bond donors (Lipinski definition) is 2. The van der Waals surface area contributed by atoms with Gasteiger partial charge in [0.2, 0.25) is 5.95 Å². The van der Waals surface area contributed by atoms with Crippen LogP contribution in [0.4, 0.5) is 16.0 Å². The smallest absolute Gasteiger partial charge is 0.264 e. The Morgan fingerprint density at radius 1 is 0.967 bits per heavy atom. The monoisotopic (exact) mass is 426 g/mol. The van der Waals surface area contributed by atoms with E-state index < -0.39 is 15.8 Å². The molecule has 0 amide bonds. The van der Waals surface area contributed by atoms with Gasteiger partial charge in [-0.2, -0.15) is 0 Å². The number of benzene rings is 2. The zero-order valence-corrected chi connectivity index (χ0v) is 17.1. The molecule has 0 bridgehead atoms. The summed E-state index contributed by atoms with van der Waals surface area (Å²) in [4.78, 5) is 20.2. The molecule has 1 aromatic heterocycles. The van der Waals surface area contributed by atoms with E-state index in [1.807, 2.05) is 0 Å². The number of nitrogens with one attached hydrogen (secondary N) is 2. The van der Waals surface area contributed by atoms with Crippen molar-refractivity contribution < 1.29 is 17.6 Å². The Balaban J connectivity index is 1.65. The molecule has 0 unspecified atom stereocenters. The van der Waals surface area contributed by atoms with Gasteiger partial charge in [-0.15, -0.1) is 0 Å². The number of aryl methyl sites for hydroxylation is 2. The number of nitrogens with zero attached hydrogens (tertiary/aromatic N) is 2. The van der Waals surface area contributed by atoms with E-state index in [2.05, 4.69) is 20.0 Å². The average molecular weight is 426 g/mol. The molecule has 30 heavy (non-hydrogen) atoms. The first-order chi connectivity index (χ1) is 14.2. The molecular weight excluding hydrogens is 407 g/mol. The minimum Gasteiger partial charge on any atom is -0.362 e. The molecule has 0 atom stereocenters. The van der Waals surface area contributed by atoms with Crippen LogP contribution in [0.3, 0.4) is 0 Å². The molecule has 9 heteroatoms. The van der Waals surface area contributed by atoms with Gasteiger partial charge in [-0.05, 0) is 68.4 Å². The molecule has 7 nitrogen and oxygen atoms in total. The van der Waals surface area contributed by atoms with Crippen molar-refractivity contribution in [2.45, 2.75) is 18.7 Å². The van der Waals surface area contributed by atoms with Crippen molar-refractivity contribution >= 4 is 27.4 Å². The van der Waals surface area contributed by atoms with Crippen LogP contribution in [0.5, 0.6) is 0 Å². The summed E-state index contributed by atoms with van der Waals surface area (Å²) in [6.07, 6.45) is 2.73. The number of halogens is 1. The van der Waals surface area contributed by atoms with Gasteiger partial charge in [0, 0.05) is 34.9 Å². The van der Waals surface area contributed by atoms with Crippen LogP contribution in [0.15, 0.2) is 71.8 Å². The molecule has 0 aliphatic rings. The molecule has 154 valence electrons. The Labute approximate surface area is 173 Å². The summed E-state index contributed by atoms with van der Waals surface area (Å²) in [5.74, 6) is -0.696. The number of carbonyl (C=O) groups excluding carboxylic acids is 1. The Kier molecular flexibility index (Phi) is 6.22. The van der Waals surface area contributed by atoms with Crippen LogP contribution in [0.25, 0.3) is 0 Å². The number of hydrogen-bond acceptors (Lipinski definition) is 6. The highest BCUT2D eigenvalue weighted by molar-refractivity contribution is 7.92. The molecule has 0 fully saturated rings. The molecule has 2 aromatic carbocycles. The van der Waals surface area contributed by atoms with Gasteiger partial charge in [0.1, 0.15) is 5.82 Å². The standard InChI is InChI=1S/C21H19FN4O3S/c1-14-13-15(2)25-21(24-14)26-30(28,29)19-9-7-18(8-10-19)23-12-11-20(27)16-3-5-17(22)6-4-16/h3-13,23H,1-2H3,(H,24,25,26). The summed E-state index contributed by atoms with van der Waals surface area (Å²) < 4.78 is 40.3. The third kappa shape index (κ3) is 5.48. The summed E-state index contributed by atoms with van der Waals surface area (Å²) in [5, 5.41) is 2.88. The highest BCUT2D eigenvalue weighted by Gasteiger charge is 2.16. The van der Waals surface area contributed by atoms with Crippen molar-refractivity contribution in [3.8, 4) is 0 Å². The summed E-state index contributed by atoms with van der Waals surface area (Å²) in [7, 11) is -3.84. The second-order valence-corrected chi connectivity index (χ2v) is 8.14. The summed E-state index contributed by atoms with van der Waals surface area (Å²) in [5.41, 5.74) is 2.25. The van der Waals surface area contributed by atoms with Crippen LogP contribution in [0.1, 0.15) is 21.7 Å². The van der Waals surface area contributed by atoms with Gasteiger partial charge in [-0.3, -0.25) is 4.79 Å². The van der Waals surface area contributed by atoms with Gasteiger partial charge in [-0.25, -0.2) is 27.5 Å². The molecule has 0 spiro atoms. The fourth-order valence-electron chi connectivity index (χ4n) is 2.60. The van der Waals surface area contributed by atoms with E-state index >= 15 is 0 Å². The Morgan fingerprint density at radius 2 is 1.57 bits per heavy atom. The first kappa shape index (κ1) is 21.1. The minimum absolute atomic E-state index is 0.0111. The predicted octanol–water partition coefficient (Wildman–Crippen LogP) is 3.84. The Bertz CT molecular complexity index is 1170. The number of aromatic nitrogens is 2. The normalized spacial score (nSPS) is 11.4. The molecule has 3 aromatic rings. The minimum atomic E-state index is -3.84. The zero-order valence-electron chi connectivity index (χ0n) is 16.3. The summed E-state index contributed by atoms with van der Waals surface area (Å²) in [6, 6.07) is 12.9. The highest BCUT2D eigenvalue weighted by atomic mass is 32.2. The maximum atomic E-state index is 12.9. The maximum Gasteiger partial charge on any atom is 0.264 e. The number of allylic oxidation sites excluding steroid dienone is 1. The van der Waals surface area contributed by atoms with Crippen molar-refractivity contribution in [1.29, 1.82) is 0 Å². The maximum absolute atomic E-state index is 12.9. The highest BCUT2D eigenvalue weighted by Crippen LogP contribution is 2.17. The van der Waals surface area contributed by atoms with Gasteiger partial charge >= 0.3 is 0 Å². The fourth-order valence-corrected chi connectivity index (χ4v) is 3.55. The van der Waals surface area contributed by atoms with Gasteiger partial charge < -0.3 is 5.32 Å². The molecular formula is C21H19FN4O3S. The molecule has 0 saturated carbocycles. The zero-order chi connectivity index (χ0) is 21.7. The van der Waals surface area contributed by atoms with E-state index in [1.165, 1.54) is 48.7 Å². The third-order valence-corrected chi connectivity index (χ3v) is 5.33. The van der Waals surface area contributed by atoms with Crippen molar-refractivity contribution in [3.63, 3.8) is 0 Å². The average Bonchev–Trinajstić information content (AvgIpc) is 2.67. The second-order valence-electron chi connectivity index (χ2n) is 6.45. The Hall–Kier alpha value is -3.59. The van der Waals surface area contributed by atoms with Crippen molar-refractivity contribution in [2.75, 3.05) is 10.0 Å². The van der Waals surface area contributed by atoms with E-state index in [0.717, 1.165) is 0 Å². The van der Waals surface area contributed by atoms with E-state index in [0.29, 0.717) is 22.6 Å². The second kappa shape index (κ2) is 8.83. The van der Waals surface area contributed by atoms with Crippen molar-refractivity contribution in [3.05, 3.63) is 89.6 Å². The fraction of sp³-hybridized carbons (Fsp3) is 0.0952. The van der Waals surface area contributed by atoms with Crippen molar-refractivity contribution in [2.24, 2.45) is 0 Å². The third-order valence-electron chi connectivity index (χ3n) is 3.99. The molecule has 0 radical (unpaired) electrons.